The number of anilines is 1. The van der Waals surface area contributed by atoms with E-state index in [1.807, 2.05) is 0 Å². The fourth-order valence-electron chi connectivity index (χ4n) is 5.94. The van der Waals surface area contributed by atoms with Crippen LogP contribution in [0.25, 0.3) is 0 Å². The van der Waals surface area contributed by atoms with Crippen molar-refractivity contribution in [2.75, 3.05) is 52.2 Å². The molecule has 5 rings (SSSR count). The van der Waals surface area contributed by atoms with E-state index >= 15 is 0 Å². The van der Waals surface area contributed by atoms with Crippen LogP contribution in [0, 0.1) is 17.8 Å². The fraction of sp³-hybridized carbons (Fsp3) is 0.615. The molecule has 0 spiro atoms. The molecule has 14 nitrogen and oxygen atoms in total. The first-order chi connectivity index (χ1) is 19.4. The molecule has 1 aliphatic carbocycles. The van der Waals surface area contributed by atoms with Crippen LogP contribution in [-0.2, 0) is 20.7 Å². The topological polar surface area (TPSA) is 212 Å². The average Bonchev–Trinajstić information content (AvgIpc) is 3.31. The fourth-order valence-corrected chi connectivity index (χ4v) is 6.16. The third-order valence-corrected chi connectivity index (χ3v) is 8.64. The summed E-state index contributed by atoms with van der Waals surface area (Å²) in [6, 6.07) is 2.16. The molecule has 7 N–H and O–H groups in total. The second-order valence-corrected chi connectivity index (χ2v) is 11.0. The molecule has 3 aliphatic heterocycles. The van der Waals surface area contributed by atoms with Gasteiger partial charge in [0.15, 0.2) is 12.2 Å². The third kappa shape index (κ3) is 6.61. The van der Waals surface area contributed by atoms with E-state index in [-0.39, 0.29) is 12.0 Å². The molecule has 0 aromatic heterocycles. The van der Waals surface area contributed by atoms with Crippen molar-refractivity contribution in [3.8, 4) is 5.75 Å². The number of fused-ring (bicyclic) bond motifs is 2. The number of carboxylic acids is 2. The summed E-state index contributed by atoms with van der Waals surface area (Å²) in [6.45, 7) is 4.90. The second-order valence-electron chi connectivity index (χ2n) is 10.6. The maximum atomic E-state index is 12.8. The van der Waals surface area contributed by atoms with E-state index in [0.717, 1.165) is 44.6 Å². The summed E-state index contributed by atoms with van der Waals surface area (Å²) in [7, 11) is 1.43. The first-order valence-electron chi connectivity index (χ1n) is 13.3. The number of hydrogen-bond donors (Lipinski definition) is 6. The Morgan fingerprint density at radius 3 is 2.24 bits per heavy atom. The number of carbonyl (C=O) groups is 4. The van der Waals surface area contributed by atoms with Crippen molar-refractivity contribution in [3.63, 3.8) is 0 Å². The van der Waals surface area contributed by atoms with Crippen molar-refractivity contribution in [2.45, 2.75) is 37.5 Å². The molecule has 1 aromatic carbocycles. The molecule has 15 heteroatoms. The number of aliphatic hydroxyl groups is 2. The van der Waals surface area contributed by atoms with Gasteiger partial charge < -0.3 is 45.9 Å². The van der Waals surface area contributed by atoms with Gasteiger partial charge in [0.2, 0.25) is 0 Å². The van der Waals surface area contributed by atoms with Crippen LogP contribution in [0.3, 0.4) is 0 Å². The molecule has 41 heavy (non-hydrogen) atoms. The Morgan fingerprint density at radius 2 is 1.71 bits per heavy atom. The van der Waals surface area contributed by atoms with Crippen molar-refractivity contribution < 1.29 is 49.1 Å². The molecule has 3 heterocycles. The summed E-state index contributed by atoms with van der Waals surface area (Å²) in [4.78, 5) is 48.4. The minimum Gasteiger partial charge on any atom is -0.492 e. The molecule has 1 aromatic rings. The molecule has 1 saturated carbocycles. The predicted molar refractivity (Wildman–Crippen MR) is 144 cm³/mol. The average molecular weight is 599 g/mol. The standard InChI is InChI=1S/C22H29ClN4O4.C4H6O6/c1-30-22(29)26-5-2-12(3-6-26)27-10-16-15(17(16)11-27)9-25-21(28)14-8-18(23)19(24)13-4-7-31-20(13)14;5-1(3(7)8)2(6)4(9)10/h8,12,15-17H,2-7,9-11,24H2,1H3,(H,25,28);1-2,5-6H,(H,7,8)(H,9,10). The van der Waals surface area contributed by atoms with Crippen molar-refractivity contribution in [1.82, 2.24) is 15.1 Å². The van der Waals surface area contributed by atoms with Gasteiger partial charge in [-0.2, -0.15) is 0 Å². The van der Waals surface area contributed by atoms with E-state index in [1.54, 1.807) is 11.0 Å². The number of nitrogen functional groups attached to an aromatic ring is 1. The number of ether oxygens (including phenoxy) is 2. The highest BCUT2D eigenvalue weighted by Crippen LogP contribution is 2.52. The monoisotopic (exact) mass is 598 g/mol. The third-order valence-electron chi connectivity index (χ3n) is 8.33. The van der Waals surface area contributed by atoms with Crippen LogP contribution in [0.2, 0.25) is 5.02 Å². The second kappa shape index (κ2) is 12.7. The number of rotatable bonds is 7. The molecular weight excluding hydrogens is 564 g/mol. The van der Waals surface area contributed by atoms with Crippen LogP contribution in [0.15, 0.2) is 6.07 Å². The van der Waals surface area contributed by atoms with Crippen molar-refractivity contribution in [2.24, 2.45) is 17.8 Å². The number of amides is 2. The van der Waals surface area contributed by atoms with Crippen LogP contribution in [0.1, 0.15) is 28.8 Å². The number of hydrogen-bond acceptors (Lipinski definition) is 10. The minimum atomic E-state index is -2.27. The number of halogens is 1. The first-order valence-corrected chi connectivity index (χ1v) is 13.7. The lowest BCUT2D eigenvalue weighted by molar-refractivity contribution is -0.165. The Bertz CT molecular complexity index is 1160. The lowest BCUT2D eigenvalue weighted by Crippen LogP contribution is -2.47. The number of carbonyl (C=O) groups excluding carboxylic acids is 2. The molecule has 0 bridgehead atoms. The number of piperidine rings is 2. The van der Waals surface area contributed by atoms with Crippen molar-refractivity contribution >= 4 is 41.2 Å². The van der Waals surface area contributed by atoms with Crippen LogP contribution in [0.5, 0.6) is 5.75 Å². The van der Waals surface area contributed by atoms with E-state index in [2.05, 4.69) is 10.2 Å². The summed E-state index contributed by atoms with van der Waals surface area (Å²) >= 11 is 6.22. The zero-order valence-corrected chi connectivity index (χ0v) is 23.2. The van der Waals surface area contributed by atoms with Gasteiger partial charge in [-0.25, -0.2) is 14.4 Å². The number of benzene rings is 1. The summed E-state index contributed by atoms with van der Waals surface area (Å²) < 4.78 is 10.5. The van der Waals surface area contributed by atoms with E-state index in [9.17, 15) is 19.2 Å². The number of carboxylic acid groups (broad SMARTS) is 2. The zero-order chi connectivity index (χ0) is 30.0. The molecule has 0 radical (unpaired) electrons. The van der Waals surface area contributed by atoms with Gasteiger partial charge in [-0.15, -0.1) is 0 Å². The quantitative estimate of drug-likeness (QED) is 0.227. The maximum absolute atomic E-state index is 12.8. The number of methoxy groups -OCH3 is 1. The van der Waals surface area contributed by atoms with Crippen LogP contribution >= 0.6 is 11.6 Å². The van der Waals surface area contributed by atoms with Gasteiger partial charge in [0.1, 0.15) is 5.75 Å². The number of nitrogens with two attached hydrogens (primary N) is 1. The first kappa shape index (κ1) is 30.6. The van der Waals surface area contributed by atoms with Gasteiger partial charge >= 0.3 is 18.0 Å². The van der Waals surface area contributed by atoms with Gasteiger partial charge in [-0.1, -0.05) is 11.6 Å². The van der Waals surface area contributed by atoms with Gasteiger partial charge in [-0.05, 0) is 36.7 Å². The highest BCUT2D eigenvalue weighted by atomic mass is 35.5. The molecule has 4 unspecified atom stereocenters. The Hall–Kier alpha value is -3.33. The SMILES string of the molecule is COC(=O)N1CCC(N2CC3C(CNC(=O)c4cc(Cl)c(N)c5c4OCC5)C3C2)CC1.O=C(O)C(O)C(O)C(=O)O. The highest BCUT2D eigenvalue weighted by Gasteiger charge is 2.56. The number of nitrogens with zero attached hydrogens (tertiary/aromatic N) is 2. The molecule has 2 amide bonds. The summed E-state index contributed by atoms with van der Waals surface area (Å²) in [5.74, 6) is -1.26. The van der Waals surface area contributed by atoms with Crippen molar-refractivity contribution in [3.05, 3.63) is 22.2 Å². The largest absolute Gasteiger partial charge is 0.492 e. The Morgan fingerprint density at radius 1 is 1.12 bits per heavy atom. The van der Waals surface area contributed by atoms with Gasteiger partial charge in [-0.3, -0.25) is 9.69 Å². The van der Waals surface area contributed by atoms with E-state index in [0.29, 0.717) is 65.4 Å². The van der Waals surface area contributed by atoms with Crippen LogP contribution in [-0.4, -0.2) is 119 Å². The Kier molecular flexibility index (Phi) is 9.47. The van der Waals surface area contributed by atoms with Gasteiger partial charge in [0, 0.05) is 50.7 Å². The zero-order valence-electron chi connectivity index (χ0n) is 22.5. The van der Waals surface area contributed by atoms with Crippen LogP contribution < -0.4 is 15.8 Å². The normalized spacial score (nSPS) is 24.6. The maximum Gasteiger partial charge on any atom is 0.409 e. The van der Waals surface area contributed by atoms with E-state index in [4.69, 9.17) is 47.2 Å². The van der Waals surface area contributed by atoms with E-state index < -0.39 is 24.1 Å². The molecule has 4 atom stereocenters. The smallest absolute Gasteiger partial charge is 0.409 e. The molecule has 2 saturated heterocycles. The molecular formula is C26H35ClN4O10. The number of aliphatic carboxylic acids is 2. The van der Waals surface area contributed by atoms with E-state index in [1.165, 1.54) is 7.11 Å². The highest BCUT2D eigenvalue weighted by molar-refractivity contribution is 6.33. The predicted octanol–water partition coefficient (Wildman–Crippen LogP) is -0.127. The van der Waals surface area contributed by atoms with Gasteiger partial charge in [0.05, 0.1) is 30.0 Å². The lowest BCUT2D eigenvalue weighted by atomic mass is 10.0. The molecule has 226 valence electrons. The van der Waals surface area contributed by atoms with Crippen LogP contribution in [0.4, 0.5) is 10.5 Å². The molecule has 4 aliphatic rings. The Labute approximate surface area is 240 Å². The minimum absolute atomic E-state index is 0.142. The number of nitrogens with one attached hydrogen (secondary N) is 1. The summed E-state index contributed by atoms with van der Waals surface area (Å²) in [5, 5.41) is 36.0. The summed E-state index contributed by atoms with van der Waals surface area (Å²) in [6.07, 6.45) is -2.08. The molecule has 3 fully saturated rings. The van der Waals surface area contributed by atoms with Gasteiger partial charge in [0.25, 0.3) is 5.91 Å². The van der Waals surface area contributed by atoms with Crippen molar-refractivity contribution in [1.29, 1.82) is 0 Å². The lowest BCUT2D eigenvalue weighted by Gasteiger charge is -2.37. The Balaban J connectivity index is 0.000000334. The number of likely N-dealkylation sites (tertiary alicyclic amines) is 2. The summed E-state index contributed by atoms with van der Waals surface area (Å²) in [5.41, 5.74) is 7.87. The number of aliphatic hydroxyl groups excluding tert-OH is 2.